The second-order valence-electron chi connectivity index (χ2n) is 1.07. The molecule has 2 nitrogen and oxygen atoms in total. The van der Waals surface area contributed by atoms with Gasteiger partial charge in [-0.2, -0.15) is 0 Å². The van der Waals surface area contributed by atoms with Gasteiger partial charge in [-0.1, -0.05) is 5.92 Å². The highest BCUT2D eigenvalue weighted by molar-refractivity contribution is 5.66. The predicted octanol–water partition coefficient (Wildman–Crippen LogP) is 0.441. The SMILES string of the molecule is [C]#CCCC(=O)O. The summed E-state index contributed by atoms with van der Waals surface area (Å²) in [5.74, 6) is 1.09. The Morgan fingerprint density at radius 1 is 1.86 bits per heavy atom. The van der Waals surface area contributed by atoms with E-state index in [2.05, 4.69) is 0 Å². The Kier molecular flexibility index (Phi) is 2.78. The number of hydrogen-bond donors (Lipinski definition) is 1. The Balaban J connectivity index is 3.02. The van der Waals surface area contributed by atoms with Crippen LogP contribution in [0, 0.1) is 12.3 Å². The van der Waals surface area contributed by atoms with Crippen LogP contribution >= 0.6 is 0 Å². The first-order valence-electron chi connectivity index (χ1n) is 1.88. The topological polar surface area (TPSA) is 37.3 Å². The lowest BCUT2D eigenvalue weighted by atomic mass is 10.3. The van der Waals surface area contributed by atoms with E-state index in [4.69, 9.17) is 11.5 Å². The maximum Gasteiger partial charge on any atom is 0.304 e. The van der Waals surface area contributed by atoms with Gasteiger partial charge < -0.3 is 5.11 Å². The second-order valence-corrected chi connectivity index (χ2v) is 1.07. The highest BCUT2D eigenvalue weighted by atomic mass is 16.4. The standard InChI is InChI=1S/C5H5O2/c1-2-3-4-5(6)7/h3-4H2,(H,6,7). The van der Waals surface area contributed by atoms with Crippen molar-refractivity contribution in [1.29, 1.82) is 0 Å². The van der Waals surface area contributed by atoms with E-state index in [0.29, 0.717) is 0 Å². The molecule has 2 heteroatoms. The first kappa shape index (κ1) is 6.03. The van der Waals surface area contributed by atoms with Crippen LogP contribution in [0.4, 0.5) is 0 Å². The summed E-state index contributed by atoms with van der Waals surface area (Å²) in [5.41, 5.74) is 0. The number of rotatable bonds is 2. The van der Waals surface area contributed by atoms with Crippen LogP contribution in [0.1, 0.15) is 12.8 Å². The molecule has 0 unspecified atom stereocenters. The maximum absolute atomic E-state index is 9.63. The van der Waals surface area contributed by atoms with E-state index in [-0.39, 0.29) is 12.8 Å². The lowest BCUT2D eigenvalue weighted by molar-refractivity contribution is -0.136. The van der Waals surface area contributed by atoms with Crippen LogP contribution in [-0.4, -0.2) is 11.1 Å². The Bertz CT molecular complexity index is 99.1. The molecule has 1 radical (unpaired) electrons. The average molecular weight is 97.1 g/mol. The Hall–Kier alpha value is -0.970. The summed E-state index contributed by atoms with van der Waals surface area (Å²) in [6.07, 6.45) is 6.52. The molecule has 0 aliphatic heterocycles. The van der Waals surface area contributed by atoms with Gasteiger partial charge in [-0.05, 0) is 6.42 Å². The van der Waals surface area contributed by atoms with Crippen molar-refractivity contribution in [2.45, 2.75) is 12.8 Å². The number of carboxylic acids is 1. The van der Waals surface area contributed by atoms with Crippen molar-refractivity contribution in [3.63, 3.8) is 0 Å². The molecule has 37 valence electrons. The van der Waals surface area contributed by atoms with Crippen LogP contribution in [0.5, 0.6) is 0 Å². The molecular weight excluding hydrogens is 92.1 g/mol. The Morgan fingerprint density at radius 3 is 2.57 bits per heavy atom. The zero-order valence-corrected chi connectivity index (χ0v) is 3.77. The second kappa shape index (κ2) is 3.23. The molecule has 0 saturated carbocycles. The molecule has 7 heavy (non-hydrogen) atoms. The van der Waals surface area contributed by atoms with Crippen molar-refractivity contribution >= 4 is 5.97 Å². The maximum atomic E-state index is 9.63. The average Bonchev–Trinajstić information content (AvgIpc) is 1.61. The molecule has 0 atom stereocenters. The third kappa shape index (κ3) is 5.03. The summed E-state index contributed by atoms with van der Waals surface area (Å²) in [5, 5.41) is 7.92. The number of hydrogen-bond acceptors (Lipinski definition) is 1. The molecule has 0 aliphatic carbocycles. The van der Waals surface area contributed by atoms with Crippen LogP contribution in [0.15, 0.2) is 0 Å². The van der Waals surface area contributed by atoms with Crippen LogP contribution in [-0.2, 0) is 4.79 Å². The zero-order valence-electron chi connectivity index (χ0n) is 3.77. The minimum Gasteiger partial charge on any atom is -0.481 e. The van der Waals surface area contributed by atoms with Crippen LogP contribution < -0.4 is 0 Å². The van der Waals surface area contributed by atoms with Gasteiger partial charge in [0.2, 0.25) is 0 Å². The van der Waals surface area contributed by atoms with E-state index in [9.17, 15) is 4.79 Å². The van der Waals surface area contributed by atoms with Crippen LogP contribution in [0.25, 0.3) is 0 Å². The van der Waals surface area contributed by atoms with Crippen molar-refractivity contribution in [3.05, 3.63) is 6.42 Å². The highest BCUT2D eigenvalue weighted by Gasteiger charge is 1.89. The third-order valence-corrected chi connectivity index (χ3v) is 0.464. The monoisotopic (exact) mass is 97.0 g/mol. The highest BCUT2D eigenvalue weighted by Crippen LogP contribution is 1.82. The van der Waals surface area contributed by atoms with Gasteiger partial charge in [0.1, 0.15) is 0 Å². The van der Waals surface area contributed by atoms with Crippen molar-refractivity contribution < 1.29 is 9.90 Å². The van der Waals surface area contributed by atoms with Crippen molar-refractivity contribution in [3.8, 4) is 5.92 Å². The van der Waals surface area contributed by atoms with Gasteiger partial charge in [-0.3, -0.25) is 4.79 Å². The zero-order chi connectivity index (χ0) is 5.70. The van der Waals surface area contributed by atoms with Crippen LogP contribution in [0.2, 0.25) is 0 Å². The fraction of sp³-hybridized carbons (Fsp3) is 0.400. The molecule has 0 aromatic heterocycles. The molecule has 0 amide bonds. The van der Waals surface area contributed by atoms with Crippen molar-refractivity contribution in [1.82, 2.24) is 0 Å². The van der Waals surface area contributed by atoms with E-state index in [1.54, 1.807) is 0 Å². The smallest absolute Gasteiger partial charge is 0.304 e. The molecule has 0 spiro atoms. The summed E-state index contributed by atoms with van der Waals surface area (Å²) < 4.78 is 0. The molecule has 0 aliphatic rings. The quantitative estimate of drug-likeness (QED) is 0.507. The molecule has 0 aromatic carbocycles. The first-order chi connectivity index (χ1) is 3.27. The molecule has 0 bridgehead atoms. The van der Waals surface area contributed by atoms with Gasteiger partial charge in [-0.25, -0.2) is 0 Å². The van der Waals surface area contributed by atoms with Gasteiger partial charge in [0.05, 0.1) is 6.42 Å². The molecule has 0 fully saturated rings. The molecule has 0 aromatic rings. The number of carbonyl (C=O) groups is 1. The summed E-state index contributed by atoms with van der Waals surface area (Å²) in [4.78, 5) is 9.63. The van der Waals surface area contributed by atoms with Crippen molar-refractivity contribution in [2.75, 3.05) is 0 Å². The van der Waals surface area contributed by atoms with E-state index < -0.39 is 5.97 Å². The fourth-order valence-electron chi connectivity index (χ4n) is 0.169. The molecule has 0 heterocycles. The largest absolute Gasteiger partial charge is 0.481 e. The Morgan fingerprint density at radius 2 is 2.43 bits per heavy atom. The van der Waals surface area contributed by atoms with E-state index in [0.717, 1.165) is 0 Å². The Labute approximate surface area is 42.2 Å². The summed E-state index contributed by atoms with van der Waals surface area (Å²) in [7, 11) is 0. The fourth-order valence-corrected chi connectivity index (χ4v) is 0.169. The summed E-state index contributed by atoms with van der Waals surface area (Å²) in [6, 6.07) is 0. The third-order valence-electron chi connectivity index (χ3n) is 0.464. The lowest BCUT2D eigenvalue weighted by Crippen LogP contribution is -1.91. The minimum atomic E-state index is -0.875. The molecule has 0 saturated heterocycles. The van der Waals surface area contributed by atoms with Crippen LogP contribution in [0.3, 0.4) is 0 Å². The van der Waals surface area contributed by atoms with E-state index in [1.165, 1.54) is 0 Å². The minimum absolute atomic E-state index is 0.0174. The first-order valence-corrected chi connectivity index (χ1v) is 1.88. The van der Waals surface area contributed by atoms with Gasteiger partial charge >= 0.3 is 5.97 Å². The van der Waals surface area contributed by atoms with Crippen molar-refractivity contribution in [2.24, 2.45) is 0 Å². The van der Waals surface area contributed by atoms with Gasteiger partial charge in [0.15, 0.2) is 0 Å². The molecule has 1 N–H and O–H groups in total. The normalized spacial score (nSPS) is 7.29. The van der Waals surface area contributed by atoms with E-state index >= 15 is 0 Å². The number of carboxylic acid groups (broad SMARTS) is 1. The van der Waals surface area contributed by atoms with Gasteiger partial charge in [0, 0.05) is 6.42 Å². The lowest BCUT2D eigenvalue weighted by Gasteiger charge is -1.79. The predicted molar refractivity (Wildman–Crippen MR) is 24.0 cm³/mol. The van der Waals surface area contributed by atoms with E-state index in [1.807, 2.05) is 5.92 Å². The number of aliphatic carboxylic acids is 1. The summed E-state index contributed by atoms with van der Waals surface area (Å²) in [6.45, 7) is 0. The molecule has 0 rings (SSSR count). The van der Waals surface area contributed by atoms with Gasteiger partial charge in [-0.15, -0.1) is 0 Å². The summed E-state index contributed by atoms with van der Waals surface area (Å²) >= 11 is 0. The van der Waals surface area contributed by atoms with Gasteiger partial charge in [0.25, 0.3) is 0 Å². The molecular formula is C5H5O2.